The van der Waals surface area contributed by atoms with Crippen molar-refractivity contribution in [2.24, 2.45) is 0 Å². The third-order valence-electron chi connectivity index (χ3n) is 11.0. The standard InChI is InChI=1S/C22H24ClNO3.C20H20NO3.C19H23O4.2Y/c1-5-11-24(4)16(2)14-26-20-9-10-22(21(13-20)17(3)25)27-15-18-7-6-8-19(23)12-18;1-15-5-7-17(8-6-15)14-24-18-9-10-20(19(13-18)16(2)22)23-12-4-3-11-21;1-14-4-6-16(7-5-14)11-22-18-8-9-19(15(2)10-18)23-13-17(20)12-21-3;;/h1,6-10,12-13,16H,11,14-15H2,2-4H3;5,7-10,13H,3-4,12,14H2,1-2H3;4,6-10,17,20H,11-13H2,1-3H3;;/q;2*-1;;. The SMILES string of the molecule is C#CCN(C)C(C)COc1ccc(OCc2cccc(Cl)c2)c(C(C)=O)c1.CC(=O)c1cc(OCc2c[c-]c(C)cc2)ccc1OCCCC#N.COCC(O)COc1ccc(OCc2c[c-]c(C)cc2)cc1C.[Y].[Y]. The minimum atomic E-state index is -0.631. The molecule has 0 aliphatic carbocycles. The number of unbranched alkanes of at least 4 members (excludes halogenated alkanes) is 1. The van der Waals surface area contributed by atoms with Crippen LogP contribution in [0, 0.1) is 56.6 Å². The average molecular weight is 1200 g/mol. The van der Waals surface area contributed by atoms with Crippen LogP contribution in [0.1, 0.15) is 87.7 Å². The molecule has 1 N–H and O–H groups in total. The number of methoxy groups -OCH3 is 1. The molecule has 6 rings (SSSR count). The van der Waals surface area contributed by atoms with E-state index in [1.807, 2.05) is 112 Å². The Labute approximate surface area is 505 Å². The van der Waals surface area contributed by atoms with Crippen molar-refractivity contribution in [3.8, 4) is 52.9 Å². The molecule has 0 aliphatic rings. The Bertz CT molecular complexity index is 2780. The minimum absolute atomic E-state index is 0. The fraction of sp³-hybridized carbons (Fsp3) is 0.328. The number of ether oxygens (including phenoxy) is 7. The van der Waals surface area contributed by atoms with Crippen molar-refractivity contribution < 1.29 is 113 Å². The fourth-order valence-corrected chi connectivity index (χ4v) is 6.86. The van der Waals surface area contributed by atoms with Gasteiger partial charge in [0.1, 0.15) is 60.4 Å². The van der Waals surface area contributed by atoms with Gasteiger partial charge in [0.05, 0.1) is 50.2 Å². The Morgan fingerprint density at radius 2 is 1.22 bits per heavy atom. The molecule has 0 saturated carbocycles. The maximum atomic E-state index is 12.0. The summed E-state index contributed by atoms with van der Waals surface area (Å²) in [7, 11) is 3.49. The molecule has 6 aromatic carbocycles. The second-order valence-corrected chi connectivity index (χ2v) is 17.9. The minimum Gasteiger partial charge on any atom is -0.501 e. The number of benzene rings is 6. The molecule has 0 saturated heterocycles. The maximum absolute atomic E-state index is 12.0. The van der Waals surface area contributed by atoms with Crippen LogP contribution in [0.15, 0.2) is 115 Å². The van der Waals surface area contributed by atoms with Crippen LogP contribution in [0.25, 0.3) is 0 Å². The van der Waals surface area contributed by atoms with Crippen LogP contribution in [0.2, 0.25) is 5.02 Å². The van der Waals surface area contributed by atoms with E-state index >= 15 is 0 Å². The molecule has 0 fully saturated rings. The summed E-state index contributed by atoms with van der Waals surface area (Å²) in [5.74, 6) is 6.24. The molecule has 0 heterocycles. The second-order valence-electron chi connectivity index (χ2n) is 17.4. The molecular formula is C61H67ClN2O10Y2-2. The molecule has 0 aromatic heterocycles. The first-order valence-electron chi connectivity index (χ1n) is 24.1. The molecule has 0 bridgehead atoms. The topological polar surface area (TPSA) is 146 Å². The van der Waals surface area contributed by atoms with Gasteiger partial charge in [-0.3, -0.25) is 14.5 Å². The van der Waals surface area contributed by atoms with Gasteiger partial charge < -0.3 is 38.3 Å². The largest absolute Gasteiger partial charge is 0.501 e. The van der Waals surface area contributed by atoms with Gasteiger partial charge in [-0.05, 0) is 119 Å². The zero-order chi connectivity index (χ0) is 53.8. The number of hydrogen-bond acceptors (Lipinski definition) is 12. The van der Waals surface area contributed by atoms with Crippen LogP contribution < -0.4 is 28.4 Å². The zero-order valence-electron chi connectivity index (χ0n) is 44.8. The zero-order valence-corrected chi connectivity index (χ0v) is 51.3. The first kappa shape index (κ1) is 67.0. The molecule has 2 unspecified atom stereocenters. The number of likely N-dealkylation sites (N-methyl/N-ethyl adjacent to an activating group) is 1. The van der Waals surface area contributed by atoms with E-state index in [4.69, 9.17) is 56.4 Å². The van der Waals surface area contributed by atoms with Crippen molar-refractivity contribution >= 4 is 23.2 Å². The molecule has 0 spiro atoms. The van der Waals surface area contributed by atoms with Gasteiger partial charge in [-0.15, -0.1) is 17.6 Å². The number of ketones is 2. The summed E-state index contributed by atoms with van der Waals surface area (Å²) in [6.07, 6.45) is 5.77. The number of aliphatic hydroxyl groups excluding tert-OH is 1. The Morgan fingerprint density at radius 1 is 0.684 bits per heavy atom. The molecule has 6 aromatic rings. The van der Waals surface area contributed by atoms with E-state index in [2.05, 4.69) is 24.1 Å². The summed E-state index contributed by atoms with van der Waals surface area (Å²) in [6.45, 7) is 14.1. The number of Topliss-reactive ketones (excluding diaryl/α,β-unsaturated/α-hetero) is 2. The number of carbonyl (C=O) groups excluding carboxylic acids is 2. The molecule has 0 amide bonds. The van der Waals surface area contributed by atoms with Gasteiger partial charge in [0.15, 0.2) is 11.6 Å². The smallest absolute Gasteiger partial charge is 0.163 e. The van der Waals surface area contributed by atoms with Crippen LogP contribution >= 0.6 is 11.6 Å². The monoisotopic (exact) mass is 1200 g/mol. The molecule has 76 heavy (non-hydrogen) atoms. The van der Waals surface area contributed by atoms with Crippen molar-refractivity contribution in [2.45, 2.75) is 86.4 Å². The third-order valence-corrected chi connectivity index (χ3v) is 11.3. The van der Waals surface area contributed by atoms with E-state index in [-0.39, 0.29) is 96.2 Å². The van der Waals surface area contributed by atoms with Crippen LogP contribution in [-0.4, -0.2) is 80.8 Å². The van der Waals surface area contributed by atoms with E-state index in [1.54, 1.807) is 49.6 Å². The number of hydrogen-bond donors (Lipinski definition) is 1. The predicted molar refractivity (Wildman–Crippen MR) is 289 cm³/mol. The summed E-state index contributed by atoms with van der Waals surface area (Å²) >= 11 is 5.99. The van der Waals surface area contributed by atoms with Crippen molar-refractivity contribution in [2.75, 3.05) is 47.1 Å². The molecule has 2 atom stereocenters. The Morgan fingerprint density at radius 3 is 1.72 bits per heavy atom. The van der Waals surface area contributed by atoms with Crippen LogP contribution in [-0.2, 0) is 90.0 Å². The number of nitrogens with zero attached hydrogens (tertiary/aromatic N) is 2. The fourth-order valence-electron chi connectivity index (χ4n) is 6.65. The molecule has 2 radical (unpaired) electrons. The Kier molecular flexibility index (Phi) is 32.5. The van der Waals surface area contributed by atoms with E-state index in [0.29, 0.717) is 91.6 Å². The Hall–Kier alpha value is -5.11. The number of halogens is 1. The van der Waals surface area contributed by atoms with E-state index in [1.165, 1.54) is 13.8 Å². The second kappa shape index (κ2) is 36.8. The number of nitriles is 1. The summed E-state index contributed by atoms with van der Waals surface area (Å²) in [6, 6.07) is 43.9. The summed E-state index contributed by atoms with van der Waals surface area (Å²) in [5, 5.41) is 18.8. The number of aryl methyl sites for hydroxylation is 3. The number of aliphatic hydroxyl groups is 1. The molecule has 15 heteroatoms. The first-order valence-corrected chi connectivity index (χ1v) is 24.5. The molecule has 12 nitrogen and oxygen atoms in total. The van der Waals surface area contributed by atoms with Crippen molar-refractivity contribution in [3.05, 3.63) is 177 Å². The van der Waals surface area contributed by atoms with Gasteiger partial charge in [0.2, 0.25) is 0 Å². The third kappa shape index (κ3) is 24.9. The van der Waals surface area contributed by atoms with E-state index in [9.17, 15) is 14.7 Å². The Balaban J connectivity index is 0.000000386. The van der Waals surface area contributed by atoms with Crippen molar-refractivity contribution in [1.29, 1.82) is 5.26 Å². The summed E-state index contributed by atoms with van der Waals surface area (Å²) in [4.78, 5) is 25.9. The quantitative estimate of drug-likeness (QED) is 0.0252. The van der Waals surface area contributed by atoms with Crippen molar-refractivity contribution in [3.63, 3.8) is 0 Å². The van der Waals surface area contributed by atoms with Crippen LogP contribution in [0.5, 0.6) is 34.5 Å². The summed E-state index contributed by atoms with van der Waals surface area (Å²) in [5.41, 5.74) is 7.15. The van der Waals surface area contributed by atoms with Gasteiger partial charge in [-0.2, -0.15) is 64.9 Å². The van der Waals surface area contributed by atoms with Crippen molar-refractivity contribution in [1.82, 2.24) is 4.90 Å². The first-order chi connectivity index (χ1) is 35.6. The molecular weight excluding hydrogens is 1130 g/mol. The predicted octanol–water partition coefficient (Wildman–Crippen LogP) is 11.8. The van der Waals surface area contributed by atoms with E-state index in [0.717, 1.165) is 44.9 Å². The van der Waals surface area contributed by atoms with Gasteiger partial charge in [-0.25, -0.2) is 0 Å². The maximum Gasteiger partial charge on any atom is 0.163 e. The van der Waals surface area contributed by atoms with Gasteiger partial charge in [-0.1, -0.05) is 43.5 Å². The van der Waals surface area contributed by atoms with Crippen LogP contribution in [0.3, 0.4) is 0 Å². The number of terminal acetylenes is 1. The van der Waals surface area contributed by atoms with Crippen LogP contribution in [0.4, 0.5) is 0 Å². The van der Waals surface area contributed by atoms with Gasteiger partial charge in [0.25, 0.3) is 0 Å². The normalized spacial score (nSPS) is 11.0. The van der Waals surface area contributed by atoms with E-state index < -0.39 is 6.10 Å². The van der Waals surface area contributed by atoms with Gasteiger partial charge >= 0.3 is 0 Å². The number of carbonyl (C=O) groups is 2. The molecule has 396 valence electrons. The molecule has 0 aliphatic heterocycles. The van der Waals surface area contributed by atoms with Gasteiger partial charge in [0, 0.05) is 90.0 Å². The summed E-state index contributed by atoms with van der Waals surface area (Å²) < 4.78 is 39.2. The number of rotatable bonds is 25. The average Bonchev–Trinajstić information content (AvgIpc) is 3.38.